The van der Waals surface area contributed by atoms with E-state index in [1.54, 1.807) is 6.20 Å². The molecule has 2 atom stereocenters. The molecule has 0 spiro atoms. The van der Waals surface area contributed by atoms with E-state index in [0.29, 0.717) is 31.0 Å². The highest BCUT2D eigenvalue weighted by Crippen LogP contribution is 2.23. The summed E-state index contributed by atoms with van der Waals surface area (Å²) in [4.78, 5) is 10.4. The quantitative estimate of drug-likeness (QED) is 0.494. The summed E-state index contributed by atoms with van der Waals surface area (Å²) in [6.07, 6.45) is 3.57. The molecule has 1 aromatic rings. The standard InChI is InChI=1S/C11H17N5O/c1-7-6-16(5-2-8(7)17)11-9(10(12)13)14-3-4-15-11/h3-4,7-8,17H,2,5-6H2,1H3,(H3,12,13). The molecular weight excluding hydrogens is 218 g/mol. The molecule has 1 aliphatic heterocycles. The number of nitrogens with two attached hydrogens (primary N) is 1. The lowest BCUT2D eigenvalue weighted by atomic mass is 9.96. The van der Waals surface area contributed by atoms with Crippen molar-refractivity contribution in [2.75, 3.05) is 18.0 Å². The van der Waals surface area contributed by atoms with Gasteiger partial charge in [-0.3, -0.25) is 5.41 Å². The molecule has 6 nitrogen and oxygen atoms in total. The van der Waals surface area contributed by atoms with Crippen molar-refractivity contribution in [3.63, 3.8) is 0 Å². The molecule has 92 valence electrons. The first-order chi connectivity index (χ1) is 8.09. The Morgan fingerprint density at radius 1 is 1.53 bits per heavy atom. The summed E-state index contributed by atoms with van der Waals surface area (Å²) in [7, 11) is 0. The van der Waals surface area contributed by atoms with Gasteiger partial charge in [0.15, 0.2) is 5.82 Å². The van der Waals surface area contributed by atoms with E-state index in [2.05, 4.69) is 9.97 Å². The van der Waals surface area contributed by atoms with Crippen molar-refractivity contribution in [2.45, 2.75) is 19.4 Å². The Bertz CT molecular complexity index is 422. The van der Waals surface area contributed by atoms with Gasteiger partial charge in [-0.15, -0.1) is 0 Å². The highest BCUT2D eigenvalue weighted by atomic mass is 16.3. The lowest BCUT2D eigenvalue weighted by Crippen LogP contribution is -2.43. The Labute approximate surface area is 100.0 Å². The zero-order chi connectivity index (χ0) is 12.4. The molecule has 2 rings (SSSR count). The number of nitrogen functional groups attached to an aromatic ring is 1. The minimum atomic E-state index is -0.260. The summed E-state index contributed by atoms with van der Waals surface area (Å²) in [6.45, 7) is 3.42. The van der Waals surface area contributed by atoms with Gasteiger partial charge in [-0.25, -0.2) is 9.97 Å². The van der Waals surface area contributed by atoms with Crippen LogP contribution in [-0.4, -0.2) is 40.1 Å². The van der Waals surface area contributed by atoms with Gasteiger partial charge in [0.25, 0.3) is 0 Å². The Kier molecular flexibility index (Phi) is 3.23. The average Bonchev–Trinajstić information content (AvgIpc) is 2.32. The number of aliphatic hydroxyl groups excluding tert-OH is 1. The Morgan fingerprint density at radius 3 is 2.88 bits per heavy atom. The molecule has 6 heteroatoms. The molecule has 4 N–H and O–H groups in total. The summed E-state index contributed by atoms with van der Waals surface area (Å²) in [6, 6.07) is 0. The van der Waals surface area contributed by atoms with Crippen LogP contribution >= 0.6 is 0 Å². The van der Waals surface area contributed by atoms with Crippen molar-refractivity contribution in [3.05, 3.63) is 18.1 Å². The molecule has 0 bridgehead atoms. The lowest BCUT2D eigenvalue weighted by molar-refractivity contribution is 0.0968. The van der Waals surface area contributed by atoms with Crippen LogP contribution in [0.1, 0.15) is 19.0 Å². The van der Waals surface area contributed by atoms with E-state index in [9.17, 15) is 5.11 Å². The third-order valence-electron chi connectivity index (χ3n) is 3.09. The van der Waals surface area contributed by atoms with E-state index in [1.165, 1.54) is 6.20 Å². The molecular formula is C11H17N5O. The Balaban J connectivity index is 2.25. The van der Waals surface area contributed by atoms with Crippen molar-refractivity contribution in [1.29, 1.82) is 5.41 Å². The van der Waals surface area contributed by atoms with Gasteiger partial charge < -0.3 is 15.7 Å². The predicted octanol–water partition coefficient (Wildman–Crippen LogP) is -0.0322. The zero-order valence-corrected chi connectivity index (χ0v) is 9.80. The van der Waals surface area contributed by atoms with Gasteiger partial charge in [0.1, 0.15) is 11.5 Å². The number of hydrogen-bond acceptors (Lipinski definition) is 5. The van der Waals surface area contributed by atoms with E-state index in [4.69, 9.17) is 11.1 Å². The maximum Gasteiger partial charge on any atom is 0.158 e. The number of hydrogen-bond donors (Lipinski definition) is 3. The second-order valence-corrected chi connectivity index (χ2v) is 4.42. The average molecular weight is 235 g/mol. The number of rotatable bonds is 2. The highest BCUT2D eigenvalue weighted by Gasteiger charge is 2.26. The molecule has 17 heavy (non-hydrogen) atoms. The van der Waals surface area contributed by atoms with Crippen molar-refractivity contribution >= 4 is 11.7 Å². The van der Waals surface area contributed by atoms with E-state index in [-0.39, 0.29) is 17.9 Å². The van der Waals surface area contributed by atoms with E-state index in [0.717, 1.165) is 0 Å². The highest BCUT2D eigenvalue weighted by molar-refractivity contribution is 5.97. The van der Waals surface area contributed by atoms with E-state index in [1.807, 2.05) is 11.8 Å². The molecule has 0 saturated carbocycles. The minimum absolute atomic E-state index is 0.0770. The molecule has 1 aliphatic rings. The first-order valence-electron chi connectivity index (χ1n) is 5.68. The van der Waals surface area contributed by atoms with Gasteiger partial charge >= 0.3 is 0 Å². The minimum Gasteiger partial charge on any atom is -0.393 e. The number of amidine groups is 1. The number of aliphatic hydroxyl groups is 1. The van der Waals surface area contributed by atoms with Crippen LogP contribution in [0.4, 0.5) is 5.82 Å². The molecule has 1 saturated heterocycles. The third-order valence-corrected chi connectivity index (χ3v) is 3.09. The molecule has 2 heterocycles. The largest absolute Gasteiger partial charge is 0.393 e. The Morgan fingerprint density at radius 2 is 2.24 bits per heavy atom. The number of nitrogens with one attached hydrogen (secondary N) is 1. The lowest BCUT2D eigenvalue weighted by Gasteiger charge is -2.35. The molecule has 1 aromatic heterocycles. The first-order valence-corrected chi connectivity index (χ1v) is 5.68. The van der Waals surface area contributed by atoms with Crippen LogP contribution in [0.25, 0.3) is 0 Å². The number of piperidine rings is 1. The maximum atomic E-state index is 9.69. The first kappa shape index (κ1) is 11.8. The summed E-state index contributed by atoms with van der Waals surface area (Å²) >= 11 is 0. The fraction of sp³-hybridized carbons (Fsp3) is 0.545. The molecule has 0 amide bonds. The molecule has 2 unspecified atom stereocenters. The van der Waals surface area contributed by atoms with Gasteiger partial charge in [0.2, 0.25) is 0 Å². The number of nitrogens with zero attached hydrogens (tertiary/aromatic N) is 3. The molecule has 0 radical (unpaired) electrons. The van der Waals surface area contributed by atoms with Crippen LogP contribution in [0.2, 0.25) is 0 Å². The van der Waals surface area contributed by atoms with Crippen LogP contribution < -0.4 is 10.6 Å². The monoisotopic (exact) mass is 235 g/mol. The third kappa shape index (κ3) is 2.36. The Hall–Kier alpha value is -1.69. The fourth-order valence-corrected chi connectivity index (χ4v) is 2.08. The maximum absolute atomic E-state index is 9.69. The van der Waals surface area contributed by atoms with Crippen molar-refractivity contribution in [3.8, 4) is 0 Å². The van der Waals surface area contributed by atoms with Gasteiger partial charge in [-0.05, 0) is 12.3 Å². The van der Waals surface area contributed by atoms with E-state index >= 15 is 0 Å². The van der Waals surface area contributed by atoms with Crippen LogP contribution in [0.15, 0.2) is 12.4 Å². The summed E-state index contributed by atoms with van der Waals surface area (Å²) in [5, 5.41) is 17.2. The summed E-state index contributed by atoms with van der Waals surface area (Å²) in [5.74, 6) is 0.746. The zero-order valence-electron chi connectivity index (χ0n) is 9.80. The number of aromatic nitrogens is 2. The predicted molar refractivity (Wildman–Crippen MR) is 65.0 cm³/mol. The second-order valence-electron chi connectivity index (χ2n) is 4.42. The fourth-order valence-electron chi connectivity index (χ4n) is 2.08. The summed E-state index contributed by atoms with van der Waals surface area (Å²) < 4.78 is 0. The smallest absolute Gasteiger partial charge is 0.158 e. The molecule has 0 aromatic carbocycles. The van der Waals surface area contributed by atoms with Gasteiger partial charge in [-0.2, -0.15) is 0 Å². The normalized spacial score (nSPS) is 24.7. The van der Waals surface area contributed by atoms with Gasteiger partial charge in [0, 0.05) is 25.5 Å². The summed E-state index contributed by atoms with van der Waals surface area (Å²) in [5.41, 5.74) is 5.90. The van der Waals surface area contributed by atoms with Crippen molar-refractivity contribution in [2.24, 2.45) is 11.7 Å². The van der Waals surface area contributed by atoms with Crippen LogP contribution in [0, 0.1) is 11.3 Å². The second kappa shape index (κ2) is 4.67. The van der Waals surface area contributed by atoms with Gasteiger partial charge in [0.05, 0.1) is 6.10 Å². The molecule has 0 aliphatic carbocycles. The van der Waals surface area contributed by atoms with Crippen LogP contribution in [0.3, 0.4) is 0 Å². The SMILES string of the molecule is CC1CN(c2nccnc2C(=N)N)CCC1O. The van der Waals surface area contributed by atoms with Crippen LogP contribution in [0.5, 0.6) is 0 Å². The molecule has 1 fully saturated rings. The van der Waals surface area contributed by atoms with E-state index < -0.39 is 0 Å². The topological polar surface area (TPSA) is 99.1 Å². The van der Waals surface area contributed by atoms with Gasteiger partial charge in [-0.1, -0.05) is 6.92 Å². The van der Waals surface area contributed by atoms with Crippen molar-refractivity contribution in [1.82, 2.24) is 9.97 Å². The van der Waals surface area contributed by atoms with Crippen LogP contribution in [-0.2, 0) is 0 Å². The van der Waals surface area contributed by atoms with Crippen molar-refractivity contribution < 1.29 is 5.11 Å². The number of anilines is 1.